The van der Waals surface area contributed by atoms with Crippen LogP contribution in [0.3, 0.4) is 0 Å². The minimum Gasteiger partial charge on any atom is -0.497 e. The number of carbonyl (C=O) groups is 2. The zero-order valence-electron chi connectivity index (χ0n) is 17.6. The highest BCUT2D eigenvalue weighted by atomic mass is 19.1. The van der Waals surface area contributed by atoms with Crippen molar-refractivity contribution in [1.82, 2.24) is 5.32 Å². The Kier molecular flexibility index (Phi) is 5.89. The summed E-state index contributed by atoms with van der Waals surface area (Å²) in [5.74, 6) is -0.104. The van der Waals surface area contributed by atoms with Crippen molar-refractivity contribution in [1.29, 1.82) is 0 Å². The number of methoxy groups -OCH3 is 1. The van der Waals surface area contributed by atoms with Crippen LogP contribution in [0.2, 0.25) is 0 Å². The van der Waals surface area contributed by atoms with Gasteiger partial charge < -0.3 is 15.4 Å². The molecule has 3 amide bonds. The fourth-order valence-electron chi connectivity index (χ4n) is 3.70. The molecule has 3 aromatic carbocycles. The van der Waals surface area contributed by atoms with Crippen LogP contribution in [0.4, 0.5) is 20.6 Å². The predicted molar refractivity (Wildman–Crippen MR) is 121 cm³/mol. The number of urea groups is 1. The first kappa shape index (κ1) is 21.1. The highest BCUT2D eigenvalue weighted by Crippen LogP contribution is 2.34. The second-order valence-corrected chi connectivity index (χ2v) is 7.29. The van der Waals surface area contributed by atoms with Gasteiger partial charge in [0.25, 0.3) is 5.91 Å². The second kappa shape index (κ2) is 8.93. The van der Waals surface area contributed by atoms with Gasteiger partial charge in [0.1, 0.15) is 11.6 Å². The summed E-state index contributed by atoms with van der Waals surface area (Å²) in [5, 5.41) is 5.78. The van der Waals surface area contributed by atoms with Gasteiger partial charge in [-0.1, -0.05) is 30.3 Å². The number of para-hydroxylation sites is 1. The Hall–Kier alpha value is -4.13. The smallest absolute Gasteiger partial charge is 0.326 e. The van der Waals surface area contributed by atoms with Crippen LogP contribution in [0.25, 0.3) is 0 Å². The van der Waals surface area contributed by atoms with Crippen LogP contribution in [-0.4, -0.2) is 19.0 Å². The zero-order valence-corrected chi connectivity index (χ0v) is 17.6. The lowest BCUT2D eigenvalue weighted by Crippen LogP contribution is -2.48. The van der Waals surface area contributed by atoms with Crippen LogP contribution in [0, 0.1) is 5.82 Å². The van der Waals surface area contributed by atoms with Crippen molar-refractivity contribution in [3.8, 4) is 5.75 Å². The van der Waals surface area contributed by atoms with Crippen LogP contribution in [0.1, 0.15) is 18.5 Å². The fourth-order valence-corrected chi connectivity index (χ4v) is 3.70. The first-order chi connectivity index (χ1) is 15.5. The molecule has 1 heterocycles. The van der Waals surface area contributed by atoms with E-state index in [4.69, 9.17) is 4.74 Å². The van der Waals surface area contributed by atoms with Crippen molar-refractivity contribution in [2.45, 2.75) is 13.0 Å². The average Bonchev–Trinajstić information content (AvgIpc) is 2.80. The van der Waals surface area contributed by atoms with Gasteiger partial charge in [-0.2, -0.15) is 0 Å². The van der Waals surface area contributed by atoms with E-state index < -0.39 is 17.9 Å². The first-order valence-corrected chi connectivity index (χ1v) is 10.0. The molecule has 7 heteroatoms. The molecule has 0 aromatic heterocycles. The third kappa shape index (κ3) is 4.18. The minimum atomic E-state index is -0.735. The lowest BCUT2D eigenvalue weighted by Gasteiger charge is -2.35. The zero-order chi connectivity index (χ0) is 22.7. The number of ether oxygens (including phenoxy) is 1. The van der Waals surface area contributed by atoms with Gasteiger partial charge in [-0.15, -0.1) is 0 Å². The van der Waals surface area contributed by atoms with Gasteiger partial charge >= 0.3 is 6.03 Å². The summed E-state index contributed by atoms with van der Waals surface area (Å²) in [4.78, 5) is 27.9. The van der Waals surface area contributed by atoms with Crippen LogP contribution < -0.4 is 20.3 Å². The van der Waals surface area contributed by atoms with Gasteiger partial charge in [0.05, 0.1) is 24.4 Å². The normalized spacial score (nSPS) is 15.9. The van der Waals surface area contributed by atoms with E-state index in [1.54, 1.807) is 62.6 Å². The summed E-state index contributed by atoms with van der Waals surface area (Å²) in [6.07, 6.45) is 0. The molecule has 2 N–H and O–H groups in total. The number of halogens is 1. The van der Waals surface area contributed by atoms with E-state index >= 15 is 0 Å². The average molecular weight is 431 g/mol. The lowest BCUT2D eigenvalue weighted by molar-refractivity contribution is -0.113. The third-order valence-electron chi connectivity index (χ3n) is 5.30. The largest absolute Gasteiger partial charge is 0.497 e. The lowest BCUT2D eigenvalue weighted by atomic mass is 9.93. The number of benzene rings is 3. The maximum absolute atomic E-state index is 13.5. The Morgan fingerprint density at radius 1 is 1.00 bits per heavy atom. The number of hydrogen-bond donors (Lipinski definition) is 2. The molecule has 1 aliphatic heterocycles. The summed E-state index contributed by atoms with van der Waals surface area (Å²) in [6.45, 7) is 1.72. The number of anilines is 2. The van der Waals surface area contributed by atoms with Gasteiger partial charge in [0.2, 0.25) is 0 Å². The van der Waals surface area contributed by atoms with E-state index in [-0.39, 0.29) is 5.91 Å². The number of nitrogens with one attached hydrogen (secondary N) is 2. The van der Waals surface area contributed by atoms with Crippen LogP contribution >= 0.6 is 0 Å². The van der Waals surface area contributed by atoms with Crippen molar-refractivity contribution in [3.05, 3.63) is 102 Å². The summed E-state index contributed by atoms with van der Waals surface area (Å²) < 4.78 is 18.7. The van der Waals surface area contributed by atoms with E-state index in [1.165, 1.54) is 17.0 Å². The van der Waals surface area contributed by atoms with E-state index in [0.717, 1.165) is 0 Å². The second-order valence-electron chi connectivity index (χ2n) is 7.29. The molecule has 1 atom stereocenters. The predicted octanol–water partition coefficient (Wildman–Crippen LogP) is 5.02. The maximum Gasteiger partial charge on any atom is 0.326 e. The van der Waals surface area contributed by atoms with E-state index in [2.05, 4.69) is 10.6 Å². The standard InChI is InChI=1S/C25H22FN3O3/c1-16-22(24(30)27-19-6-4-3-5-7-19)23(17-8-10-18(26)11-9-17)28-25(31)29(16)20-12-14-21(32-2)15-13-20/h3-15,23H,1-2H3,(H,27,30)(H,28,31)/t23-/m0/s1. The van der Waals surface area contributed by atoms with E-state index in [1.807, 2.05) is 18.2 Å². The quantitative estimate of drug-likeness (QED) is 0.596. The molecule has 3 aromatic rings. The van der Waals surface area contributed by atoms with Crippen molar-refractivity contribution < 1.29 is 18.7 Å². The molecule has 0 unspecified atom stereocenters. The summed E-state index contributed by atoms with van der Waals surface area (Å²) in [6, 6.07) is 20.6. The summed E-state index contributed by atoms with van der Waals surface area (Å²) in [7, 11) is 1.56. The molecule has 0 radical (unpaired) electrons. The van der Waals surface area contributed by atoms with Crippen molar-refractivity contribution in [3.63, 3.8) is 0 Å². The molecule has 162 valence electrons. The number of amides is 3. The maximum atomic E-state index is 13.5. The molecule has 0 bridgehead atoms. The molecule has 32 heavy (non-hydrogen) atoms. The molecule has 0 saturated carbocycles. The van der Waals surface area contributed by atoms with E-state index in [9.17, 15) is 14.0 Å². The molecule has 4 rings (SSSR count). The van der Waals surface area contributed by atoms with Gasteiger partial charge in [0, 0.05) is 11.4 Å². The molecular weight excluding hydrogens is 409 g/mol. The third-order valence-corrected chi connectivity index (χ3v) is 5.30. The van der Waals surface area contributed by atoms with Gasteiger partial charge in [0.15, 0.2) is 0 Å². The van der Waals surface area contributed by atoms with E-state index in [0.29, 0.717) is 34.0 Å². The highest BCUT2D eigenvalue weighted by molar-refractivity contribution is 6.09. The Morgan fingerprint density at radius 3 is 2.28 bits per heavy atom. The number of nitrogens with zero attached hydrogens (tertiary/aromatic N) is 1. The topological polar surface area (TPSA) is 70.7 Å². The molecule has 0 saturated heterocycles. The molecule has 0 fully saturated rings. The Morgan fingerprint density at radius 2 is 1.66 bits per heavy atom. The molecule has 0 spiro atoms. The molecule has 0 aliphatic carbocycles. The molecule has 1 aliphatic rings. The van der Waals surface area contributed by atoms with Crippen LogP contribution in [0.5, 0.6) is 5.75 Å². The fraction of sp³-hybridized carbons (Fsp3) is 0.120. The Bertz CT molecular complexity index is 1160. The highest BCUT2D eigenvalue weighted by Gasteiger charge is 2.36. The van der Waals surface area contributed by atoms with Crippen LogP contribution in [-0.2, 0) is 4.79 Å². The SMILES string of the molecule is COc1ccc(N2C(=O)N[C@@H](c3ccc(F)cc3)C(C(=O)Nc3ccccc3)=C2C)cc1. The molecular formula is C25H22FN3O3. The number of carbonyl (C=O) groups excluding carboxylic acids is 2. The first-order valence-electron chi connectivity index (χ1n) is 10.0. The van der Waals surface area contributed by atoms with Crippen molar-refractivity contribution >= 4 is 23.3 Å². The van der Waals surface area contributed by atoms with Crippen molar-refractivity contribution in [2.24, 2.45) is 0 Å². The monoisotopic (exact) mass is 431 g/mol. The molecule has 6 nitrogen and oxygen atoms in total. The minimum absolute atomic E-state index is 0.357. The number of rotatable bonds is 5. The van der Waals surface area contributed by atoms with Gasteiger partial charge in [-0.3, -0.25) is 9.69 Å². The van der Waals surface area contributed by atoms with Crippen molar-refractivity contribution in [2.75, 3.05) is 17.3 Å². The van der Waals surface area contributed by atoms with Gasteiger partial charge in [-0.25, -0.2) is 9.18 Å². The van der Waals surface area contributed by atoms with Gasteiger partial charge in [-0.05, 0) is 61.0 Å². The Balaban J connectivity index is 1.79. The Labute approximate surface area is 185 Å². The van der Waals surface area contributed by atoms with Crippen LogP contribution in [0.15, 0.2) is 90.1 Å². The summed E-state index contributed by atoms with van der Waals surface area (Å²) >= 11 is 0. The summed E-state index contributed by atoms with van der Waals surface area (Å²) in [5.41, 5.74) is 2.65. The number of allylic oxidation sites excluding steroid dienone is 1. The number of hydrogen-bond acceptors (Lipinski definition) is 3.